The fourth-order valence-corrected chi connectivity index (χ4v) is 7.31. The zero-order valence-electron chi connectivity index (χ0n) is 22.4. The van der Waals surface area contributed by atoms with Crippen molar-refractivity contribution in [2.24, 2.45) is 0 Å². The highest BCUT2D eigenvalue weighted by atomic mass is 32.2. The average molecular weight is 567 g/mol. The molecule has 212 valence electrons. The first-order valence-electron chi connectivity index (χ1n) is 13.6. The first kappa shape index (κ1) is 27.9. The Morgan fingerprint density at radius 2 is 1.88 bits per heavy atom. The number of carbonyl (C=O) groups excluding carboxylic acids is 2. The number of nitrogens with one attached hydrogen (secondary N) is 2. The van der Waals surface area contributed by atoms with E-state index in [1.807, 2.05) is 25.1 Å². The third kappa shape index (κ3) is 5.75. The van der Waals surface area contributed by atoms with Crippen molar-refractivity contribution >= 4 is 33.5 Å². The van der Waals surface area contributed by atoms with Crippen LogP contribution in [-0.2, 0) is 26.0 Å². The van der Waals surface area contributed by atoms with Crippen LogP contribution in [0.2, 0.25) is 0 Å². The van der Waals surface area contributed by atoms with Gasteiger partial charge in [0, 0.05) is 26.2 Å². The molecule has 1 fully saturated rings. The summed E-state index contributed by atoms with van der Waals surface area (Å²) in [4.78, 5) is 38.7. The molecule has 1 aliphatic carbocycles. The summed E-state index contributed by atoms with van der Waals surface area (Å²) in [6, 6.07) is 11.2. The molecule has 2 aromatic carbocycles. The van der Waals surface area contributed by atoms with Crippen LogP contribution in [0, 0.1) is 6.92 Å². The molecule has 3 amide bonds. The summed E-state index contributed by atoms with van der Waals surface area (Å²) in [5, 5.41) is 14.9. The Kier molecular flexibility index (Phi) is 7.95. The van der Waals surface area contributed by atoms with Gasteiger partial charge in [-0.3, -0.25) is 9.59 Å². The van der Waals surface area contributed by atoms with Crippen molar-refractivity contribution in [2.75, 3.05) is 26.2 Å². The molecule has 10 nitrogen and oxygen atoms in total. The Labute approximate surface area is 234 Å². The zero-order valence-corrected chi connectivity index (χ0v) is 23.2. The predicted octanol–water partition coefficient (Wildman–Crippen LogP) is 2.84. The monoisotopic (exact) mass is 566 g/mol. The summed E-state index contributed by atoms with van der Waals surface area (Å²) >= 11 is 0. The molecule has 2 aliphatic heterocycles. The van der Waals surface area contributed by atoms with E-state index in [1.165, 1.54) is 17.0 Å². The summed E-state index contributed by atoms with van der Waals surface area (Å²) in [7, 11) is -3.96. The molecule has 11 heteroatoms. The summed E-state index contributed by atoms with van der Waals surface area (Å²) in [5.74, 6) is -0.857. The van der Waals surface area contributed by atoms with Crippen LogP contribution in [0.4, 0.5) is 4.79 Å². The summed E-state index contributed by atoms with van der Waals surface area (Å²) in [5.41, 5.74) is 5.25. The maximum Gasteiger partial charge on any atom is 0.407 e. The van der Waals surface area contributed by atoms with Crippen LogP contribution < -0.4 is 10.6 Å². The Bertz CT molecular complexity index is 1450. The van der Waals surface area contributed by atoms with Crippen LogP contribution in [0.1, 0.15) is 54.0 Å². The van der Waals surface area contributed by atoms with Gasteiger partial charge in [-0.05, 0) is 67.0 Å². The second-order valence-corrected chi connectivity index (χ2v) is 12.5. The van der Waals surface area contributed by atoms with Crippen LogP contribution in [0.15, 0.2) is 53.4 Å². The molecule has 3 aliphatic rings. The number of carbonyl (C=O) groups is 3. The van der Waals surface area contributed by atoms with Crippen LogP contribution in [0.3, 0.4) is 0 Å². The number of aryl methyl sites for hydroxylation is 2. The number of benzene rings is 2. The van der Waals surface area contributed by atoms with Crippen molar-refractivity contribution in [3.63, 3.8) is 0 Å². The van der Waals surface area contributed by atoms with E-state index < -0.39 is 28.1 Å². The number of hydrogen-bond donors (Lipinski definition) is 3. The van der Waals surface area contributed by atoms with Gasteiger partial charge in [-0.15, -0.1) is 0 Å². The number of fused-ring (bicyclic) bond motifs is 1. The highest BCUT2D eigenvalue weighted by molar-refractivity contribution is 7.89. The molecule has 2 atom stereocenters. The number of amides is 3. The molecular weight excluding hydrogens is 532 g/mol. The number of sulfonamides is 1. The van der Waals surface area contributed by atoms with Crippen molar-refractivity contribution in [3.05, 3.63) is 70.8 Å². The fraction of sp³-hybridized carbons (Fsp3) is 0.414. The van der Waals surface area contributed by atoms with E-state index in [9.17, 15) is 27.9 Å². The highest BCUT2D eigenvalue weighted by Crippen LogP contribution is 2.33. The Hall–Kier alpha value is -3.70. The minimum absolute atomic E-state index is 0.0923. The Morgan fingerprint density at radius 3 is 2.58 bits per heavy atom. The number of nitrogens with zero attached hydrogens (tertiary/aromatic N) is 2. The normalized spacial score (nSPS) is 21.7. The SMILES string of the molecule is Cc1ccc(S(=O)(=O)N2CCNC(=O)C2CC(=O)N[C@@H]2CCCc3cc(C4=CCN(C(=O)O)CC4)ccc32)cc1. The van der Waals surface area contributed by atoms with E-state index in [1.54, 1.807) is 12.1 Å². The van der Waals surface area contributed by atoms with E-state index in [-0.39, 0.29) is 36.4 Å². The van der Waals surface area contributed by atoms with Gasteiger partial charge in [0.15, 0.2) is 0 Å². The van der Waals surface area contributed by atoms with Gasteiger partial charge in [0.05, 0.1) is 17.4 Å². The predicted molar refractivity (Wildman–Crippen MR) is 149 cm³/mol. The van der Waals surface area contributed by atoms with Crippen LogP contribution in [0.25, 0.3) is 5.57 Å². The molecule has 0 spiro atoms. The Balaban J connectivity index is 1.29. The average Bonchev–Trinajstić information content (AvgIpc) is 2.94. The molecule has 0 aromatic heterocycles. The summed E-state index contributed by atoms with van der Waals surface area (Å²) in [6.45, 7) is 2.97. The van der Waals surface area contributed by atoms with E-state index in [2.05, 4.69) is 16.7 Å². The molecule has 0 radical (unpaired) electrons. The van der Waals surface area contributed by atoms with Crippen molar-refractivity contribution < 1.29 is 27.9 Å². The molecule has 1 unspecified atom stereocenters. The molecule has 0 saturated carbocycles. The topological polar surface area (TPSA) is 136 Å². The third-order valence-electron chi connectivity index (χ3n) is 7.93. The number of carboxylic acid groups (broad SMARTS) is 1. The molecule has 2 heterocycles. The van der Waals surface area contributed by atoms with E-state index in [0.29, 0.717) is 19.5 Å². The first-order valence-corrected chi connectivity index (χ1v) is 15.0. The lowest BCUT2D eigenvalue weighted by atomic mass is 9.85. The molecule has 2 aromatic rings. The lowest BCUT2D eigenvalue weighted by molar-refractivity contribution is -0.132. The molecule has 3 N–H and O–H groups in total. The molecule has 5 rings (SSSR count). The van der Waals surface area contributed by atoms with Crippen molar-refractivity contribution in [3.8, 4) is 0 Å². The fourth-order valence-electron chi connectivity index (χ4n) is 5.72. The quantitative estimate of drug-likeness (QED) is 0.492. The number of rotatable bonds is 6. The minimum Gasteiger partial charge on any atom is -0.465 e. The lowest BCUT2D eigenvalue weighted by Crippen LogP contribution is -2.58. The van der Waals surface area contributed by atoms with Crippen molar-refractivity contribution in [2.45, 2.75) is 56.0 Å². The van der Waals surface area contributed by atoms with Gasteiger partial charge in [0.2, 0.25) is 21.8 Å². The lowest BCUT2D eigenvalue weighted by Gasteiger charge is -2.34. The largest absolute Gasteiger partial charge is 0.465 e. The maximum atomic E-state index is 13.4. The number of hydrogen-bond acceptors (Lipinski definition) is 5. The molecule has 40 heavy (non-hydrogen) atoms. The second kappa shape index (κ2) is 11.4. The zero-order chi connectivity index (χ0) is 28.4. The highest BCUT2D eigenvalue weighted by Gasteiger charge is 2.40. The molecular formula is C29H34N4O6S. The van der Waals surface area contributed by atoms with E-state index in [4.69, 9.17) is 0 Å². The van der Waals surface area contributed by atoms with Gasteiger partial charge >= 0.3 is 6.09 Å². The van der Waals surface area contributed by atoms with Gasteiger partial charge in [0.1, 0.15) is 6.04 Å². The van der Waals surface area contributed by atoms with Crippen LogP contribution in [0.5, 0.6) is 0 Å². The first-order chi connectivity index (χ1) is 19.1. The van der Waals surface area contributed by atoms with Gasteiger partial charge in [0.25, 0.3) is 0 Å². The Morgan fingerprint density at radius 1 is 1.10 bits per heavy atom. The third-order valence-corrected chi connectivity index (χ3v) is 9.85. The number of piperazine rings is 1. The van der Waals surface area contributed by atoms with E-state index >= 15 is 0 Å². The van der Waals surface area contributed by atoms with Gasteiger partial charge in [-0.25, -0.2) is 13.2 Å². The summed E-state index contributed by atoms with van der Waals surface area (Å²) in [6.07, 6.45) is 3.91. The molecule has 1 saturated heterocycles. The van der Waals surface area contributed by atoms with Gasteiger partial charge < -0.3 is 20.6 Å². The standard InChI is InChI=1S/C29H34N4O6S/c1-19-5-8-23(9-6-19)40(38,39)33-16-13-30-28(35)26(33)18-27(34)31-25-4-2-3-22-17-21(7-10-24(22)25)20-11-14-32(15-12-20)29(36)37/h5-11,17,25-26H,2-4,12-16,18H2,1H3,(H,30,35)(H,31,34)(H,36,37)/t25-,26?/m1/s1. The molecule has 0 bridgehead atoms. The second-order valence-electron chi connectivity index (χ2n) is 10.6. The smallest absolute Gasteiger partial charge is 0.407 e. The summed E-state index contributed by atoms with van der Waals surface area (Å²) < 4.78 is 27.9. The van der Waals surface area contributed by atoms with Crippen LogP contribution in [-0.4, -0.2) is 72.9 Å². The van der Waals surface area contributed by atoms with Gasteiger partial charge in [-0.2, -0.15) is 4.31 Å². The van der Waals surface area contributed by atoms with Crippen LogP contribution >= 0.6 is 0 Å². The van der Waals surface area contributed by atoms with Gasteiger partial charge in [-0.1, -0.05) is 42.0 Å². The maximum absolute atomic E-state index is 13.4. The van der Waals surface area contributed by atoms with Crippen molar-refractivity contribution in [1.29, 1.82) is 0 Å². The van der Waals surface area contributed by atoms with Crippen molar-refractivity contribution in [1.82, 2.24) is 19.8 Å². The minimum atomic E-state index is -3.96. The van der Waals surface area contributed by atoms with E-state index in [0.717, 1.165) is 51.4 Å².